The highest BCUT2D eigenvalue weighted by atomic mass is 16.4. The summed E-state index contributed by atoms with van der Waals surface area (Å²) in [5.41, 5.74) is 0. The van der Waals surface area contributed by atoms with E-state index in [1.807, 2.05) is 20.8 Å². The number of nitrogens with zero attached hydrogens (tertiary/aromatic N) is 4. The van der Waals surface area contributed by atoms with Gasteiger partial charge in [0.25, 0.3) is 0 Å². The normalized spacial score (nSPS) is 15.3. The van der Waals surface area contributed by atoms with Crippen LogP contribution in [0, 0.1) is 0 Å². The fourth-order valence-corrected chi connectivity index (χ4v) is 2.15. The van der Waals surface area contributed by atoms with Gasteiger partial charge in [-0.05, 0) is 6.42 Å². The highest BCUT2D eigenvalue weighted by Gasteiger charge is 2.28. The summed E-state index contributed by atoms with van der Waals surface area (Å²) < 4.78 is 5.38. The first-order valence-electron chi connectivity index (χ1n) is 7.68. The van der Waals surface area contributed by atoms with Crippen LogP contribution in [0.1, 0.15) is 49.7 Å². The molecule has 1 fully saturated rings. The second-order valence-corrected chi connectivity index (χ2v) is 5.61. The van der Waals surface area contributed by atoms with E-state index in [1.54, 1.807) is 9.80 Å². The molecule has 3 amide bonds. The van der Waals surface area contributed by atoms with Crippen LogP contribution in [0.4, 0.5) is 4.79 Å². The van der Waals surface area contributed by atoms with E-state index in [2.05, 4.69) is 15.5 Å². The second kappa shape index (κ2) is 7.24. The van der Waals surface area contributed by atoms with Crippen molar-refractivity contribution in [2.24, 2.45) is 0 Å². The van der Waals surface area contributed by atoms with Crippen molar-refractivity contribution < 1.29 is 14.0 Å². The SMILES string of the molecule is CCCNC(=O)N1CCN(C(=O)c2nnc(C(C)C)o2)CC1. The summed E-state index contributed by atoms with van der Waals surface area (Å²) in [6.45, 7) is 8.48. The first-order valence-corrected chi connectivity index (χ1v) is 7.68. The number of carbonyl (C=O) groups is 2. The Labute approximate surface area is 129 Å². The van der Waals surface area contributed by atoms with Gasteiger partial charge in [-0.2, -0.15) is 0 Å². The number of carbonyl (C=O) groups excluding carboxylic acids is 2. The van der Waals surface area contributed by atoms with E-state index in [0.29, 0.717) is 38.6 Å². The molecule has 2 heterocycles. The minimum Gasteiger partial charge on any atom is -0.417 e. The number of nitrogens with one attached hydrogen (secondary N) is 1. The van der Waals surface area contributed by atoms with E-state index in [4.69, 9.17) is 4.42 Å². The van der Waals surface area contributed by atoms with Crippen LogP contribution in [-0.4, -0.2) is 64.7 Å². The fraction of sp³-hybridized carbons (Fsp3) is 0.714. The highest BCUT2D eigenvalue weighted by molar-refractivity contribution is 5.89. The number of hydrogen-bond acceptors (Lipinski definition) is 5. The van der Waals surface area contributed by atoms with Gasteiger partial charge in [0.05, 0.1) is 0 Å². The van der Waals surface area contributed by atoms with Gasteiger partial charge in [-0.1, -0.05) is 20.8 Å². The lowest BCUT2D eigenvalue weighted by Crippen LogP contribution is -2.53. The molecule has 1 N–H and O–H groups in total. The third kappa shape index (κ3) is 3.75. The smallest absolute Gasteiger partial charge is 0.317 e. The van der Waals surface area contributed by atoms with Crippen LogP contribution >= 0.6 is 0 Å². The quantitative estimate of drug-likeness (QED) is 0.898. The molecule has 0 saturated carbocycles. The molecule has 1 aromatic heterocycles. The molecule has 1 aliphatic rings. The number of hydrogen-bond donors (Lipinski definition) is 1. The standard InChI is InChI=1S/C14H23N5O3/c1-4-5-15-14(21)19-8-6-18(7-9-19)13(20)12-17-16-11(22-12)10(2)3/h10H,4-9H2,1-3H3,(H,15,21). The molecule has 2 rings (SSSR count). The van der Waals surface area contributed by atoms with Crippen molar-refractivity contribution in [3.8, 4) is 0 Å². The van der Waals surface area contributed by atoms with Gasteiger partial charge in [-0.15, -0.1) is 10.2 Å². The molecule has 1 aromatic rings. The molecule has 0 radical (unpaired) electrons. The van der Waals surface area contributed by atoms with E-state index in [9.17, 15) is 9.59 Å². The Kier molecular flexibility index (Phi) is 5.35. The Bertz CT molecular complexity index is 520. The maximum absolute atomic E-state index is 12.3. The lowest BCUT2D eigenvalue weighted by molar-refractivity contribution is 0.0624. The zero-order chi connectivity index (χ0) is 16.1. The maximum Gasteiger partial charge on any atom is 0.317 e. The predicted octanol–water partition coefficient (Wildman–Crippen LogP) is 1.07. The van der Waals surface area contributed by atoms with Gasteiger partial charge in [0.15, 0.2) is 0 Å². The van der Waals surface area contributed by atoms with E-state index < -0.39 is 0 Å². The molecule has 1 aliphatic heterocycles. The lowest BCUT2D eigenvalue weighted by Gasteiger charge is -2.33. The summed E-state index contributed by atoms with van der Waals surface area (Å²) in [5, 5.41) is 10.5. The van der Waals surface area contributed by atoms with Gasteiger partial charge in [-0.3, -0.25) is 4.79 Å². The number of rotatable bonds is 4. The van der Waals surface area contributed by atoms with Crippen LogP contribution in [-0.2, 0) is 0 Å². The Morgan fingerprint density at radius 3 is 2.36 bits per heavy atom. The number of urea groups is 1. The molecule has 122 valence electrons. The van der Waals surface area contributed by atoms with Gasteiger partial charge in [-0.25, -0.2) is 4.79 Å². The molecule has 8 nitrogen and oxygen atoms in total. The van der Waals surface area contributed by atoms with Gasteiger partial charge in [0.2, 0.25) is 5.89 Å². The van der Waals surface area contributed by atoms with Crippen molar-refractivity contribution in [3.05, 3.63) is 11.8 Å². The van der Waals surface area contributed by atoms with E-state index in [-0.39, 0.29) is 23.7 Å². The van der Waals surface area contributed by atoms with Gasteiger partial charge < -0.3 is 19.5 Å². The summed E-state index contributed by atoms with van der Waals surface area (Å²) in [4.78, 5) is 27.5. The molecular formula is C14H23N5O3. The molecular weight excluding hydrogens is 286 g/mol. The van der Waals surface area contributed by atoms with Crippen molar-refractivity contribution in [2.75, 3.05) is 32.7 Å². The number of amides is 3. The molecule has 0 aliphatic carbocycles. The molecule has 22 heavy (non-hydrogen) atoms. The van der Waals surface area contributed by atoms with Crippen molar-refractivity contribution in [1.29, 1.82) is 0 Å². The average Bonchev–Trinajstić information content (AvgIpc) is 3.02. The molecule has 0 atom stereocenters. The molecule has 1 saturated heterocycles. The third-order valence-electron chi connectivity index (χ3n) is 3.50. The van der Waals surface area contributed by atoms with Crippen LogP contribution < -0.4 is 5.32 Å². The lowest BCUT2D eigenvalue weighted by atomic mass is 10.2. The molecule has 8 heteroatoms. The monoisotopic (exact) mass is 309 g/mol. The zero-order valence-corrected chi connectivity index (χ0v) is 13.3. The van der Waals surface area contributed by atoms with Crippen molar-refractivity contribution >= 4 is 11.9 Å². The summed E-state index contributed by atoms with van der Waals surface area (Å²) >= 11 is 0. The Balaban J connectivity index is 1.88. The van der Waals surface area contributed by atoms with E-state index in [0.717, 1.165) is 6.42 Å². The summed E-state index contributed by atoms with van der Waals surface area (Å²) in [7, 11) is 0. The first kappa shape index (κ1) is 16.3. The van der Waals surface area contributed by atoms with E-state index in [1.165, 1.54) is 0 Å². The largest absolute Gasteiger partial charge is 0.417 e. The van der Waals surface area contributed by atoms with Crippen LogP contribution in [0.5, 0.6) is 0 Å². The van der Waals surface area contributed by atoms with Crippen LogP contribution in [0.2, 0.25) is 0 Å². The summed E-state index contributed by atoms with van der Waals surface area (Å²) in [6, 6.07) is -0.0752. The molecule has 0 aromatic carbocycles. The number of piperazine rings is 1. The predicted molar refractivity (Wildman–Crippen MR) is 79.6 cm³/mol. The van der Waals surface area contributed by atoms with Gasteiger partial charge in [0, 0.05) is 38.6 Å². The summed E-state index contributed by atoms with van der Waals surface area (Å²) in [6.07, 6.45) is 0.902. The maximum atomic E-state index is 12.3. The van der Waals surface area contributed by atoms with Crippen molar-refractivity contribution in [1.82, 2.24) is 25.3 Å². The average molecular weight is 309 g/mol. The Morgan fingerprint density at radius 2 is 1.82 bits per heavy atom. The Morgan fingerprint density at radius 1 is 1.18 bits per heavy atom. The second-order valence-electron chi connectivity index (χ2n) is 5.61. The molecule has 0 bridgehead atoms. The van der Waals surface area contributed by atoms with Crippen molar-refractivity contribution in [2.45, 2.75) is 33.1 Å². The highest BCUT2D eigenvalue weighted by Crippen LogP contribution is 2.14. The minimum atomic E-state index is -0.270. The van der Waals surface area contributed by atoms with Gasteiger partial charge in [0.1, 0.15) is 0 Å². The van der Waals surface area contributed by atoms with Gasteiger partial charge >= 0.3 is 17.8 Å². The van der Waals surface area contributed by atoms with Crippen LogP contribution in [0.15, 0.2) is 4.42 Å². The fourth-order valence-electron chi connectivity index (χ4n) is 2.15. The molecule has 0 spiro atoms. The third-order valence-corrected chi connectivity index (χ3v) is 3.50. The topological polar surface area (TPSA) is 91.6 Å². The van der Waals surface area contributed by atoms with Crippen molar-refractivity contribution in [3.63, 3.8) is 0 Å². The Hall–Kier alpha value is -2.12. The van der Waals surface area contributed by atoms with Crippen LogP contribution in [0.3, 0.4) is 0 Å². The zero-order valence-electron chi connectivity index (χ0n) is 13.3. The first-order chi connectivity index (χ1) is 10.5. The van der Waals surface area contributed by atoms with Crippen LogP contribution in [0.25, 0.3) is 0 Å². The molecule has 0 unspecified atom stereocenters. The number of aromatic nitrogens is 2. The minimum absolute atomic E-state index is 0.0209. The summed E-state index contributed by atoms with van der Waals surface area (Å²) in [5.74, 6) is 0.301. The van der Waals surface area contributed by atoms with E-state index >= 15 is 0 Å².